The molecule has 490 valence electrons. The molecule has 0 saturated carbocycles. The van der Waals surface area contributed by atoms with Crippen molar-refractivity contribution in [3.63, 3.8) is 0 Å². The highest BCUT2D eigenvalue weighted by molar-refractivity contribution is 7.45. The maximum Gasteiger partial charge on any atom is 0.306 e. The summed E-state index contributed by atoms with van der Waals surface area (Å²) in [6, 6.07) is 0. The number of allylic oxidation sites excluding steroid dienone is 12. The third-order valence-corrected chi connectivity index (χ3v) is 16.7. The van der Waals surface area contributed by atoms with Crippen molar-refractivity contribution in [2.24, 2.45) is 0 Å². The molecule has 0 aliphatic rings. The third-order valence-electron chi connectivity index (χ3n) is 15.7. The Bertz CT molecular complexity index is 1650. The predicted molar refractivity (Wildman–Crippen MR) is 360 cm³/mol. The maximum absolute atomic E-state index is 12.9. The number of esters is 2. The van der Waals surface area contributed by atoms with E-state index in [4.69, 9.17) is 18.5 Å². The first-order valence-corrected chi connectivity index (χ1v) is 37.1. The van der Waals surface area contributed by atoms with Crippen LogP contribution in [-0.4, -0.2) is 70.0 Å². The lowest BCUT2D eigenvalue weighted by Gasteiger charge is -2.28. The maximum atomic E-state index is 12.9. The van der Waals surface area contributed by atoms with Crippen molar-refractivity contribution >= 4 is 19.8 Å². The van der Waals surface area contributed by atoms with Gasteiger partial charge in [-0.05, 0) is 89.9 Å². The number of hydrogen-bond acceptors (Lipinski definition) is 8. The van der Waals surface area contributed by atoms with Crippen LogP contribution in [0.25, 0.3) is 0 Å². The Balaban J connectivity index is 3.96. The average molecular weight is 1200 g/mol. The number of unbranched alkanes of at least 4 members (excludes halogenated alkanes) is 40. The number of rotatable bonds is 66. The van der Waals surface area contributed by atoms with Crippen LogP contribution in [0, 0.1) is 0 Å². The molecule has 2 atom stereocenters. The molecule has 0 fully saturated rings. The standard InChI is InChI=1S/C74H136NO8P/c1-6-8-10-12-14-16-18-20-22-24-26-28-29-30-31-32-33-34-35-36-37-38-39-40-41-42-43-44-45-47-49-51-53-55-57-59-61-63-65-67-74(77)83-72(71-82-84(78,79)81-69-68-75(3,4)5)70-80-73(76)66-64-62-60-58-56-54-52-50-48-46-27-25-23-21-19-17-15-13-11-9-7-2/h18-21,24-27,29-30,48,50,72H,6-17,22-23,28,31-47,49,51-71H2,1-5H3/b20-18-,21-19-,26-24-,27-25-,30-29-,50-48-. The van der Waals surface area contributed by atoms with E-state index in [9.17, 15) is 19.0 Å². The molecule has 0 aromatic heterocycles. The van der Waals surface area contributed by atoms with E-state index in [0.717, 1.165) is 70.6 Å². The first kappa shape index (κ1) is 81.5. The van der Waals surface area contributed by atoms with Crippen LogP contribution < -0.4 is 4.89 Å². The first-order chi connectivity index (χ1) is 41.0. The van der Waals surface area contributed by atoms with Gasteiger partial charge in [-0.15, -0.1) is 0 Å². The zero-order chi connectivity index (χ0) is 61.2. The van der Waals surface area contributed by atoms with E-state index in [1.165, 1.54) is 225 Å². The van der Waals surface area contributed by atoms with Crippen LogP contribution >= 0.6 is 7.82 Å². The van der Waals surface area contributed by atoms with E-state index < -0.39 is 32.5 Å². The normalized spacial score (nSPS) is 13.5. The fourth-order valence-corrected chi connectivity index (χ4v) is 10.9. The molecular weight excluding hydrogens is 1060 g/mol. The van der Waals surface area contributed by atoms with Gasteiger partial charge in [0.25, 0.3) is 7.82 Å². The summed E-state index contributed by atoms with van der Waals surface area (Å²) in [5, 5.41) is 0. The van der Waals surface area contributed by atoms with E-state index in [1.807, 2.05) is 21.1 Å². The molecular formula is C74H136NO8P. The van der Waals surface area contributed by atoms with E-state index in [2.05, 4.69) is 86.8 Å². The molecule has 2 unspecified atom stereocenters. The first-order valence-electron chi connectivity index (χ1n) is 35.6. The zero-order valence-electron chi connectivity index (χ0n) is 55.8. The average Bonchev–Trinajstić information content (AvgIpc) is 3.61. The Kier molecular flexibility index (Phi) is 62.9. The van der Waals surface area contributed by atoms with Gasteiger partial charge in [0, 0.05) is 12.8 Å². The van der Waals surface area contributed by atoms with Crippen LogP contribution in [0.15, 0.2) is 72.9 Å². The molecule has 0 saturated heterocycles. The summed E-state index contributed by atoms with van der Waals surface area (Å²) < 4.78 is 34.3. The Morgan fingerprint density at radius 2 is 0.643 bits per heavy atom. The highest BCUT2D eigenvalue weighted by Crippen LogP contribution is 2.38. The van der Waals surface area contributed by atoms with Crippen LogP contribution in [0.4, 0.5) is 0 Å². The van der Waals surface area contributed by atoms with Gasteiger partial charge < -0.3 is 27.9 Å². The molecule has 0 aromatic rings. The number of nitrogens with zero attached hydrogens (tertiary/aromatic N) is 1. The van der Waals surface area contributed by atoms with Crippen LogP contribution in [-0.2, 0) is 32.7 Å². The van der Waals surface area contributed by atoms with E-state index in [0.29, 0.717) is 23.9 Å². The van der Waals surface area contributed by atoms with E-state index >= 15 is 0 Å². The second kappa shape index (κ2) is 64.9. The highest BCUT2D eigenvalue weighted by Gasteiger charge is 2.22. The highest BCUT2D eigenvalue weighted by atomic mass is 31.2. The van der Waals surface area contributed by atoms with Gasteiger partial charge in [-0.3, -0.25) is 14.2 Å². The minimum absolute atomic E-state index is 0.0336. The molecule has 0 aliphatic heterocycles. The van der Waals surface area contributed by atoms with Crippen molar-refractivity contribution in [2.45, 2.75) is 341 Å². The Hall–Kier alpha value is -2.55. The molecule has 0 spiro atoms. The van der Waals surface area contributed by atoms with Gasteiger partial charge in [-0.2, -0.15) is 0 Å². The van der Waals surface area contributed by atoms with Gasteiger partial charge >= 0.3 is 11.9 Å². The summed E-state index contributed by atoms with van der Waals surface area (Å²) in [5.74, 6) is -0.836. The molecule has 0 aliphatic carbocycles. The largest absolute Gasteiger partial charge is 0.756 e. The summed E-state index contributed by atoms with van der Waals surface area (Å²) in [6.07, 6.45) is 87.1. The Morgan fingerprint density at radius 1 is 0.369 bits per heavy atom. The number of likely N-dealkylation sites (N-methyl/N-ethyl adjacent to an activating group) is 1. The zero-order valence-corrected chi connectivity index (χ0v) is 56.7. The molecule has 0 heterocycles. The molecule has 0 aromatic carbocycles. The lowest BCUT2D eigenvalue weighted by atomic mass is 10.0. The van der Waals surface area contributed by atoms with Gasteiger partial charge in [0.15, 0.2) is 6.10 Å². The minimum atomic E-state index is -4.65. The third kappa shape index (κ3) is 68.6. The second-order valence-corrected chi connectivity index (χ2v) is 26.7. The van der Waals surface area contributed by atoms with Crippen LogP contribution in [0.3, 0.4) is 0 Å². The van der Waals surface area contributed by atoms with Gasteiger partial charge in [0.1, 0.15) is 19.8 Å². The van der Waals surface area contributed by atoms with Crippen LogP contribution in [0.2, 0.25) is 0 Å². The Labute approximate surface area is 520 Å². The molecule has 84 heavy (non-hydrogen) atoms. The predicted octanol–water partition coefficient (Wildman–Crippen LogP) is 22.5. The number of carbonyl (C=O) groups is 2. The van der Waals surface area contributed by atoms with Crippen LogP contribution in [0.1, 0.15) is 335 Å². The van der Waals surface area contributed by atoms with Crippen molar-refractivity contribution < 1.29 is 42.1 Å². The van der Waals surface area contributed by atoms with Crippen molar-refractivity contribution in [2.75, 3.05) is 47.5 Å². The molecule has 0 rings (SSSR count). The van der Waals surface area contributed by atoms with E-state index in [-0.39, 0.29) is 26.1 Å². The lowest BCUT2D eigenvalue weighted by molar-refractivity contribution is -0.870. The summed E-state index contributed by atoms with van der Waals surface area (Å²) in [6.45, 7) is 4.24. The van der Waals surface area contributed by atoms with Crippen LogP contribution in [0.5, 0.6) is 0 Å². The fourth-order valence-electron chi connectivity index (χ4n) is 10.2. The van der Waals surface area contributed by atoms with Gasteiger partial charge in [-0.25, -0.2) is 0 Å². The molecule has 9 nitrogen and oxygen atoms in total. The second-order valence-electron chi connectivity index (χ2n) is 25.2. The number of quaternary nitrogens is 1. The topological polar surface area (TPSA) is 111 Å². The van der Waals surface area contributed by atoms with Crippen molar-refractivity contribution in [3.8, 4) is 0 Å². The lowest BCUT2D eigenvalue weighted by Crippen LogP contribution is -2.37. The molecule has 0 radical (unpaired) electrons. The number of phosphoric acid groups is 1. The van der Waals surface area contributed by atoms with E-state index in [1.54, 1.807) is 0 Å². The number of hydrogen-bond donors (Lipinski definition) is 0. The minimum Gasteiger partial charge on any atom is -0.756 e. The fraction of sp³-hybridized carbons (Fsp3) is 0.811. The summed E-state index contributed by atoms with van der Waals surface area (Å²) in [4.78, 5) is 38.0. The van der Waals surface area contributed by atoms with Crippen molar-refractivity contribution in [1.82, 2.24) is 0 Å². The smallest absolute Gasteiger partial charge is 0.306 e. The summed E-state index contributed by atoms with van der Waals surface area (Å²) in [7, 11) is 1.17. The molecule has 0 amide bonds. The summed E-state index contributed by atoms with van der Waals surface area (Å²) >= 11 is 0. The van der Waals surface area contributed by atoms with Gasteiger partial charge in [0.2, 0.25) is 0 Å². The number of phosphoric ester groups is 1. The SMILES string of the molecule is CCCCCCC/C=C\C/C=C\C/C=C\CCCCCCCCCCCCCCCCCCCCCCCCCCC(=O)OC(COC(=O)CCCCCCCC/C=C\C/C=C\C/C=C\CCCCCCC)COP(=O)([O-])OCC[N+](C)(C)C. The van der Waals surface area contributed by atoms with Crippen molar-refractivity contribution in [3.05, 3.63) is 72.9 Å². The quantitative estimate of drug-likeness (QED) is 0.0195. The number of carbonyl (C=O) groups excluding carboxylic acids is 2. The molecule has 10 heteroatoms. The Morgan fingerprint density at radius 3 is 0.952 bits per heavy atom. The van der Waals surface area contributed by atoms with Gasteiger partial charge in [-0.1, -0.05) is 305 Å². The number of ether oxygens (including phenoxy) is 2. The summed E-state index contributed by atoms with van der Waals surface area (Å²) in [5.41, 5.74) is 0. The molecule has 0 bridgehead atoms. The van der Waals surface area contributed by atoms with Gasteiger partial charge in [0.05, 0.1) is 27.7 Å². The monoisotopic (exact) mass is 1200 g/mol. The van der Waals surface area contributed by atoms with Crippen molar-refractivity contribution in [1.29, 1.82) is 0 Å². The molecule has 0 N–H and O–H groups in total.